The highest BCUT2D eigenvalue weighted by Crippen LogP contribution is 2.39. The van der Waals surface area contributed by atoms with E-state index in [0.29, 0.717) is 6.07 Å². The molecule has 1 aromatic rings. The van der Waals surface area contributed by atoms with Gasteiger partial charge >= 0.3 is 18.0 Å². The van der Waals surface area contributed by atoms with Crippen LogP contribution in [0.2, 0.25) is 0 Å². The third-order valence-corrected chi connectivity index (χ3v) is 2.14. The molecule has 0 N–H and O–H groups in total. The van der Waals surface area contributed by atoms with Crippen LogP contribution in [0.25, 0.3) is 0 Å². The number of rotatable bonds is 5. The molecular weight excluding hydrogens is 301 g/mol. The first kappa shape index (κ1) is 16.5. The first-order valence-electron chi connectivity index (χ1n) is 5.22. The Balaban J connectivity index is 3.35. The molecule has 0 bridgehead atoms. The van der Waals surface area contributed by atoms with E-state index in [4.69, 9.17) is 0 Å². The molecule has 0 radical (unpaired) electrons. The minimum atomic E-state index is -5.16. The highest BCUT2D eigenvalue weighted by molar-refractivity contribution is 5.72. The lowest BCUT2D eigenvalue weighted by Gasteiger charge is -2.12. The van der Waals surface area contributed by atoms with Gasteiger partial charge in [-0.2, -0.15) is 0 Å². The summed E-state index contributed by atoms with van der Waals surface area (Å²) in [6.45, 7) is 0. The Kier molecular flexibility index (Phi) is 4.89. The zero-order chi connectivity index (χ0) is 16.2. The van der Waals surface area contributed by atoms with Crippen LogP contribution in [0.5, 0.6) is 11.6 Å². The van der Waals surface area contributed by atoms with E-state index in [2.05, 4.69) is 19.2 Å². The van der Waals surface area contributed by atoms with Gasteiger partial charge in [0.25, 0.3) is 11.6 Å². The van der Waals surface area contributed by atoms with Crippen LogP contribution in [0.3, 0.4) is 0 Å². The van der Waals surface area contributed by atoms with Gasteiger partial charge in [-0.1, -0.05) is 0 Å². The van der Waals surface area contributed by atoms with Crippen LogP contribution in [0.1, 0.15) is 5.69 Å². The van der Waals surface area contributed by atoms with Crippen molar-refractivity contribution in [3.63, 3.8) is 0 Å². The zero-order valence-electron chi connectivity index (χ0n) is 10.8. The van der Waals surface area contributed by atoms with Gasteiger partial charge in [-0.05, 0) is 0 Å². The van der Waals surface area contributed by atoms with Gasteiger partial charge in [-0.3, -0.25) is 14.9 Å². The summed E-state index contributed by atoms with van der Waals surface area (Å²) in [7, 11) is 2.03. The summed E-state index contributed by atoms with van der Waals surface area (Å²) in [5.41, 5.74) is -1.22. The number of carbonyl (C=O) groups excluding carboxylic acids is 1. The highest BCUT2D eigenvalue weighted by Gasteiger charge is 2.37. The van der Waals surface area contributed by atoms with E-state index in [0.717, 1.165) is 14.2 Å². The number of hydrogen-bond acceptors (Lipinski definition) is 7. The Morgan fingerprint density at radius 2 is 2.05 bits per heavy atom. The number of halogens is 3. The van der Waals surface area contributed by atoms with Crippen LogP contribution >= 0.6 is 0 Å². The molecule has 116 valence electrons. The van der Waals surface area contributed by atoms with Gasteiger partial charge < -0.3 is 14.2 Å². The molecular formula is C10H9F3N2O6. The molecule has 1 rings (SSSR count). The maximum absolute atomic E-state index is 12.3. The first-order valence-corrected chi connectivity index (χ1v) is 5.22. The third-order valence-electron chi connectivity index (χ3n) is 2.14. The summed E-state index contributed by atoms with van der Waals surface area (Å²) in [5, 5.41) is 10.8. The fraction of sp³-hybridized carbons (Fsp3) is 0.400. The van der Waals surface area contributed by atoms with E-state index in [1.54, 1.807) is 0 Å². The number of esters is 1. The summed E-state index contributed by atoms with van der Waals surface area (Å²) in [5.74, 6) is -2.73. The van der Waals surface area contributed by atoms with Crippen LogP contribution in [-0.2, 0) is 16.0 Å². The maximum atomic E-state index is 12.3. The molecule has 0 aliphatic carbocycles. The fourth-order valence-electron chi connectivity index (χ4n) is 1.34. The van der Waals surface area contributed by atoms with Gasteiger partial charge in [0.2, 0.25) is 0 Å². The minimum absolute atomic E-state index is 0.195. The van der Waals surface area contributed by atoms with Crippen molar-refractivity contribution in [1.82, 2.24) is 4.98 Å². The molecule has 0 fully saturated rings. The molecule has 8 nitrogen and oxygen atoms in total. The number of nitro groups is 1. The molecule has 0 atom stereocenters. The number of nitrogens with zero attached hydrogens (tertiary/aromatic N) is 2. The molecule has 0 aliphatic rings. The van der Waals surface area contributed by atoms with Crippen molar-refractivity contribution in [2.75, 3.05) is 14.2 Å². The summed E-state index contributed by atoms with van der Waals surface area (Å²) >= 11 is 0. The number of carbonyl (C=O) groups is 1. The van der Waals surface area contributed by atoms with E-state index in [1.165, 1.54) is 0 Å². The highest BCUT2D eigenvalue weighted by atomic mass is 19.4. The van der Waals surface area contributed by atoms with Crippen molar-refractivity contribution in [2.45, 2.75) is 12.8 Å². The van der Waals surface area contributed by atoms with E-state index in [9.17, 15) is 28.1 Å². The van der Waals surface area contributed by atoms with Crippen LogP contribution < -0.4 is 9.47 Å². The molecule has 0 spiro atoms. The lowest BCUT2D eigenvalue weighted by atomic mass is 10.2. The molecule has 0 aromatic carbocycles. The average molecular weight is 310 g/mol. The van der Waals surface area contributed by atoms with Gasteiger partial charge in [0, 0.05) is 6.07 Å². The quantitative estimate of drug-likeness (QED) is 0.462. The molecule has 0 unspecified atom stereocenters. The molecule has 21 heavy (non-hydrogen) atoms. The van der Waals surface area contributed by atoms with E-state index in [1.807, 2.05) is 0 Å². The SMILES string of the molecule is COC(=O)Cc1cc([N+](=O)[O-])c(OC(F)(F)F)c(OC)n1. The summed E-state index contributed by atoms with van der Waals surface area (Å²) in [4.78, 5) is 24.4. The number of alkyl halides is 3. The number of methoxy groups -OCH3 is 2. The van der Waals surface area contributed by atoms with E-state index < -0.39 is 41.0 Å². The summed E-state index contributed by atoms with van der Waals surface area (Å²) in [6, 6.07) is 0.681. The van der Waals surface area contributed by atoms with Crippen molar-refractivity contribution in [3.8, 4) is 11.6 Å². The number of hydrogen-bond donors (Lipinski definition) is 0. The van der Waals surface area contributed by atoms with E-state index >= 15 is 0 Å². The van der Waals surface area contributed by atoms with Crippen LogP contribution in [0, 0.1) is 10.1 Å². The average Bonchev–Trinajstić information content (AvgIpc) is 2.37. The largest absolute Gasteiger partial charge is 0.573 e. The Morgan fingerprint density at radius 3 is 2.48 bits per heavy atom. The van der Waals surface area contributed by atoms with Crippen molar-refractivity contribution in [1.29, 1.82) is 0 Å². The smallest absolute Gasteiger partial charge is 0.478 e. The minimum Gasteiger partial charge on any atom is -0.478 e. The van der Waals surface area contributed by atoms with Crippen LogP contribution in [-0.4, -0.2) is 36.5 Å². The van der Waals surface area contributed by atoms with Crippen molar-refractivity contribution in [3.05, 3.63) is 21.9 Å². The van der Waals surface area contributed by atoms with Gasteiger partial charge in [0.05, 0.1) is 31.3 Å². The van der Waals surface area contributed by atoms with Crippen molar-refractivity contribution >= 4 is 11.7 Å². The number of pyridine rings is 1. The van der Waals surface area contributed by atoms with Crippen molar-refractivity contribution in [2.24, 2.45) is 0 Å². The Labute approximate surface area is 115 Å². The third kappa shape index (κ3) is 4.47. The number of ether oxygens (including phenoxy) is 3. The molecule has 1 heterocycles. The lowest BCUT2D eigenvalue weighted by Crippen LogP contribution is -2.19. The summed E-state index contributed by atoms with van der Waals surface area (Å²) < 4.78 is 49.2. The Bertz CT molecular complexity index is 560. The second-order valence-corrected chi connectivity index (χ2v) is 3.53. The first-order chi connectivity index (χ1) is 9.67. The second-order valence-electron chi connectivity index (χ2n) is 3.53. The van der Waals surface area contributed by atoms with Gasteiger partial charge in [0.15, 0.2) is 0 Å². The fourth-order valence-corrected chi connectivity index (χ4v) is 1.34. The van der Waals surface area contributed by atoms with Gasteiger partial charge in [0.1, 0.15) is 0 Å². The van der Waals surface area contributed by atoms with Crippen LogP contribution in [0.15, 0.2) is 6.07 Å². The predicted octanol–water partition coefficient (Wildman–Crippen LogP) is 1.61. The molecule has 1 aromatic heterocycles. The molecule has 11 heteroatoms. The molecule has 0 saturated heterocycles. The molecule has 0 aliphatic heterocycles. The maximum Gasteiger partial charge on any atom is 0.573 e. The molecule has 0 amide bonds. The Hall–Kier alpha value is -2.59. The normalized spacial score (nSPS) is 10.9. The second kappa shape index (κ2) is 6.24. The van der Waals surface area contributed by atoms with Gasteiger partial charge in [-0.25, -0.2) is 4.98 Å². The zero-order valence-corrected chi connectivity index (χ0v) is 10.8. The van der Waals surface area contributed by atoms with E-state index in [-0.39, 0.29) is 5.69 Å². The molecule has 0 saturated carbocycles. The monoisotopic (exact) mass is 310 g/mol. The van der Waals surface area contributed by atoms with Crippen LogP contribution in [0.4, 0.5) is 18.9 Å². The number of aromatic nitrogens is 1. The Morgan fingerprint density at radius 1 is 1.43 bits per heavy atom. The van der Waals surface area contributed by atoms with Gasteiger partial charge in [-0.15, -0.1) is 13.2 Å². The predicted molar refractivity (Wildman–Crippen MR) is 59.8 cm³/mol. The lowest BCUT2D eigenvalue weighted by molar-refractivity contribution is -0.388. The topological polar surface area (TPSA) is 101 Å². The standard InChI is InChI=1S/C10H9F3N2O6/c1-19-7(16)4-5-3-6(15(17)18)8(9(14-5)20-2)21-10(11,12)13/h3H,4H2,1-2H3. The van der Waals surface area contributed by atoms with Crippen molar-refractivity contribution < 1.29 is 37.1 Å². The summed E-state index contributed by atoms with van der Waals surface area (Å²) in [6.07, 6.45) is -5.64.